The van der Waals surface area contributed by atoms with Gasteiger partial charge in [-0.15, -0.1) is 0 Å². The lowest BCUT2D eigenvalue weighted by Crippen LogP contribution is -2.37. The molecule has 0 aromatic carbocycles. The van der Waals surface area contributed by atoms with E-state index in [4.69, 9.17) is 0 Å². The third kappa shape index (κ3) is 3.65. The molecule has 1 saturated carbocycles. The molecule has 6 nitrogen and oxygen atoms in total. The highest BCUT2D eigenvalue weighted by Gasteiger charge is 2.17. The fraction of sp³-hybridized carbons (Fsp3) is 0.467. The van der Waals surface area contributed by atoms with E-state index in [0.29, 0.717) is 17.7 Å². The van der Waals surface area contributed by atoms with E-state index in [0.717, 1.165) is 18.4 Å². The van der Waals surface area contributed by atoms with E-state index < -0.39 is 0 Å². The van der Waals surface area contributed by atoms with E-state index in [2.05, 4.69) is 25.5 Å². The number of pyridine rings is 1. The summed E-state index contributed by atoms with van der Waals surface area (Å²) in [5.41, 5.74) is 0.889. The summed E-state index contributed by atoms with van der Waals surface area (Å²) in [7, 11) is 0. The van der Waals surface area contributed by atoms with Crippen molar-refractivity contribution in [1.82, 2.24) is 25.5 Å². The van der Waals surface area contributed by atoms with Gasteiger partial charge in [-0.1, -0.05) is 19.3 Å². The quantitative estimate of drug-likeness (QED) is 0.898. The molecule has 1 fully saturated rings. The minimum Gasteiger partial charge on any atom is -0.353 e. The summed E-state index contributed by atoms with van der Waals surface area (Å²) in [4.78, 5) is 20.3. The number of hydrogen-bond acceptors (Lipinski definition) is 4. The lowest BCUT2D eigenvalue weighted by molar-refractivity contribution is -0.121. The largest absolute Gasteiger partial charge is 0.353 e. The molecule has 0 bridgehead atoms. The molecule has 1 aliphatic carbocycles. The molecule has 0 spiro atoms. The topological polar surface area (TPSA) is 83.6 Å². The normalized spacial score (nSPS) is 15.8. The van der Waals surface area contributed by atoms with Crippen molar-refractivity contribution in [3.63, 3.8) is 0 Å². The summed E-state index contributed by atoms with van der Waals surface area (Å²) in [6.07, 6.45) is 9.51. The highest BCUT2D eigenvalue weighted by Crippen LogP contribution is 2.17. The van der Waals surface area contributed by atoms with Gasteiger partial charge in [0.15, 0.2) is 5.82 Å². The Balaban J connectivity index is 1.58. The van der Waals surface area contributed by atoms with Crippen LogP contribution in [0.5, 0.6) is 0 Å². The van der Waals surface area contributed by atoms with E-state index in [1.807, 2.05) is 12.1 Å². The molecule has 2 N–H and O–H groups in total. The summed E-state index contributed by atoms with van der Waals surface area (Å²) >= 11 is 0. The highest BCUT2D eigenvalue weighted by molar-refractivity contribution is 5.78. The number of hydrogen-bond donors (Lipinski definition) is 2. The molecule has 0 saturated heterocycles. The fourth-order valence-corrected chi connectivity index (χ4v) is 2.68. The maximum atomic E-state index is 12.0. The second kappa shape index (κ2) is 6.47. The molecular weight excluding hydrogens is 266 g/mol. The Labute approximate surface area is 123 Å². The Morgan fingerprint density at radius 3 is 2.76 bits per heavy atom. The maximum Gasteiger partial charge on any atom is 0.227 e. The first-order chi connectivity index (χ1) is 10.3. The maximum absolute atomic E-state index is 12.0. The monoisotopic (exact) mass is 285 g/mol. The first kappa shape index (κ1) is 13.7. The molecule has 2 aromatic heterocycles. The lowest BCUT2D eigenvalue weighted by Gasteiger charge is -2.22. The van der Waals surface area contributed by atoms with Crippen LogP contribution < -0.4 is 5.32 Å². The third-order valence-electron chi connectivity index (χ3n) is 3.77. The van der Waals surface area contributed by atoms with Crippen LogP contribution in [-0.2, 0) is 11.2 Å². The van der Waals surface area contributed by atoms with Crippen LogP contribution in [-0.4, -0.2) is 32.1 Å². The van der Waals surface area contributed by atoms with E-state index >= 15 is 0 Å². The van der Waals surface area contributed by atoms with Gasteiger partial charge in [0.1, 0.15) is 5.82 Å². The minimum atomic E-state index is 0.0133. The smallest absolute Gasteiger partial charge is 0.227 e. The predicted octanol–water partition coefficient (Wildman–Crippen LogP) is 1.86. The van der Waals surface area contributed by atoms with Gasteiger partial charge in [0.25, 0.3) is 0 Å². The number of rotatable bonds is 4. The molecule has 2 aromatic rings. The van der Waals surface area contributed by atoms with Crippen LogP contribution in [0.1, 0.15) is 37.9 Å². The zero-order valence-electron chi connectivity index (χ0n) is 11.9. The van der Waals surface area contributed by atoms with Crippen molar-refractivity contribution in [2.24, 2.45) is 0 Å². The fourth-order valence-electron chi connectivity index (χ4n) is 2.68. The molecule has 1 amide bonds. The van der Waals surface area contributed by atoms with Crippen LogP contribution in [0, 0.1) is 0 Å². The van der Waals surface area contributed by atoms with Crippen molar-refractivity contribution >= 4 is 5.91 Å². The van der Waals surface area contributed by atoms with Gasteiger partial charge in [-0.25, -0.2) is 4.98 Å². The van der Waals surface area contributed by atoms with Gasteiger partial charge in [0, 0.05) is 24.0 Å². The van der Waals surface area contributed by atoms with Crippen LogP contribution in [0.4, 0.5) is 0 Å². The molecular formula is C15H19N5O. The Morgan fingerprint density at radius 1 is 1.24 bits per heavy atom. The van der Waals surface area contributed by atoms with Crippen molar-refractivity contribution in [2.75, 3.05) is 0 Å². The Morgan fingerprint density at radius 2 is 2.00 bits per heavy atom. The molecule has 0 unspecified atom stereocenters. The van der Waals surface area contributed by atoms with Gasteiger partial charge < -0.3 is 5.32 Å². The van der Waals surface area contributed by atoms with Crippen molar-refractivity contribution in [3.8, 4) is 11.4 Å². The SMILES string of the molecule is O=C(Cc1nc(-c2ccncc2)n[nH]1)NC1CCCCC1. The van der Waals surface area contributed by atoms with Crippen LogP contribution in [0.25, 0.3) is 11.4 Å². The second-order valence-electron chi connectivity index (χ2n) is 5.42. The first-order valence-electron chi connectivity index (χ1n) is 7.42. The number of carbonyl (C=O) groups excluding carboxylic acids is 1. The number of amides is 1. The second-order valence-corrected chi connectivity index (χ2v) is 5.42. The van der Waals surface area contributed by atoms with Gasteiger partial charge in [0.2, 0.25) is 5.91 Å². The molecule has 0 radical (unpaired) electrons. The molecule has 6 heteroatoms. The van der Waals surface area contributed by atoms with Crippen molar-refractivity contribution in [2.45, 2.75) is 44.6 Å². The van der Waals surface area contributed by atoms with Crippen molar-refractivity contribution in [3.05, 3.63) is 30.4 Å². The summed E-state index contributed by atoms with van der Waals surface area (Å²) in [6.45, 7) is 0. The number of H-pyrrole nitrogens is 1. The first-order valence-corrected chi connectivity index (χ1v) is 7.42. The minimum absolute atomic E-state index is 0.0133. The van der Waals surface area contributed by atoms with Crippen LogP contribution in [0.2, 0.25) is 0 Å². The highest BCUT2D eigenvalue weighted by atomic mass is 16.1. The Kier molecular flexibility index (Phi) is 4.23. The number of carbonyl (C=O) groups is 1. The molecule has 21 heavy (non-hydrogen) atoms. The summed E-state index contributed by atoms with van der Waals surface area (Å²) < 4.78 is 0. The summed E-state index contributed by atoms with van der Waals surface area (Å²) in [6, 6.07) is 4.01. The molecule has 0 aliphatic heterocycles. The zero-order chi connectivity index (χ0) is 14.5. The number of aromatic amines is 1. The average Bonchev–Trinajstić information content (AvgIpc) is 2.97. The summed E-state index contributed by atoms with van der Waals surface area (Å²) in [5.74, 6) is 1.20. The van der Waals surface area contributed by atoms with Crippen molar-refractivity contribution < 1.29 is 4.79 Å². The number of aromatic nitrogens is 4. The van der Waals surface area contributed by atoms with Crippen LogP contribution in [0.15, 0.2) is 24.5 Å². The Hall–Kier alpha value is -2.24. The molecule has 0 atom stereocenters. The zero-order valence-corrected chi connectivity index (χ0v) is 11.9. The van der Waals surface area contributed by atoms with Gasteiger partial charge in [-0.05, 0) is 25.0 Å². The third-order valence-corrected chi connectivity index (χ3v) is 3.77. The van der Waals surface area contributed by atoms with Crippen molar-refractivity contribution in [1.29, 1.82) is 0 Å². The van der Waals surface area contributed by atoms with Gasteiger partial charge in [-0.2, -0.15) is 5.10 Å². The van der Waals surface area contributed by atoms with Gasteiger partial charge in [-0.3, -0.25) is 14.9 Å². The molecule has 110 valence electrons. The van der Waals surface area contributed by atoms with Gasteiger partial charge in [0.05, 0.1) is 6.42 Å². The van der Waals surface area contributed by atoms with E-state index in [1.165, 1.54) is 19.3 Å². The van der Waals surface area contributed by atoms with E-state index in [9.17, 15) is 4.79 Å². The standard InChI is InChI=1S/C15H19N5O/c21-14(17-12-4-2-1-3-5-12)10-13-18-15(20-19-13)11-6-8-16-9-7-11/h6-9,12H,1-5,10H2,(H,17,21)(H,18,19,20). The van der Waals surface area contributed by atoms with E-state index in [-0.39, 0.29) is 12.3 Å². The Bertz CT molecular complexity index is 589. The number of nitrogens with zero attached hydrogens (tertiary/aromatic N) is 3. The van der Waals surface area contributed by atoms with Crippen LogP contribution >= 0.6 is 0 Å². The summed E-state index contributed by atoms with van der Waals surface area (Å²) in [5, 5.41) is 10.1. The van der Waals surface area contributed by atoms with Crippen LogP contribution in [0.3, 0.4) is 0 Å². The lowest BCUT2D eigenvalue weighted by atomic mass is 9.95. The molecule has 1 aliphatic rings. The molecule has 3 rings (SSSR count). The number of nitrogens with one attached hydrogen (secondary N) is 2. The van der Waals surface area contributed by atoms with Gasteiger partial charge >= 0.3 is 0 Å². The average molecular weight is 285 g/mol. The molecule has 2 heterocycles. The van der Waals surface area contributed by atoms with E-state index in [1.54, 1.807) is 12.4 Å². The predicted molar refractivity (Wildman–Crippen MR) is 78.3 cm³/mol.